The van der Waals surface area contributed by atoms with Crippen LogP contribution in [0.4, 0.5) is 0 Å². The van der Waals surface area contributed by atoms with Crippen LogP contribution in [0.5, 0.6) is 0 Å². The molecule has 0 aliphatic carbocycles. The molecular formula is C15H25N. The highest BCUT2D eigenvalue weighted by Gasteiger charge is 1.96. The normalized spacial score (nSPS) is 15.3. The van der Waals surface area contributed by atoms with Crippen LogP contribution in [-0.4, -0.2) is 0 Å². The molecule has 16 heavy (non-hydrogen) atoms. The van der Waals surface area contributed by atoms with E-state index < -0.39 is 0 Å². The Labute approximate surface area is 100 Å². The zero-order valence-corrected chi connectivity index (χ0v) is 11.2. The molecule has 0 fully saturated rings. The first-order chi connectivity index (χ1) is 7.45. The fraction of sp³-hybridized carbons (Fsp3) is 0.467. The van der Waals surface area contributed by atoms with E-state index in [0.717, 1.165) is 12.1 Å². The summed E-state index contributed by atoms with van der Waals surface area (Å²) in [4.78, 5) is 0. The Morgan fingerprint density at radius 3 is 2.25 bits per heavy atom. The summed E-state index contributed by atoms with van der Waals surface area (Å²) < 4.78 is 0. The highest BCUT2D eigenvalue weighted by Crippen LogP contribution is 2.11. The lowest BCUT2D eigenvalue weighted by atomic mass is 10.0. The van der Waals surface area contributed by atoms with Gasteiger partial charge in [-0.3, -0.25) is 0 Å². The van der Waals surface area contributed by atoms with E-state index in [-0.39, 0.29) is 0 Å². The van der Waals surface area contributed by atoms with Crippen LogP contribution in [0.25, 0.3) is 0 Å². The molecule has 0 aromatic rings. The average Bonchev–Trinajstić information content (AvgIpc) is 2.14. The van der Waals surface area contributed by atoms with Crippen LogP contribution >= 0.6 is 0 Å². The highest BCUT2D eigenvalue weighted by atomic mass is 14.5. The smallest absolute Gasteiger partial charge is 0.00514 e. The summed E-state index contributed by atoms with van der Waals surface area (Å²) in [5, 5.41) is 0. The van der Waals surface area contributed by atoms with Crippen molar-refractivity contribution >= 4 is 0 Å². The molecule has 90 valence electrons. The predicted molar refractivity (Wildman–Crippen MR) is 74.1 cm³/mol. The van der Waals surface area contributed by atoms with Gasteiger partial charge in [-0.05, 0) is 46.1 Å². The summed E-state index contributed by atoms with van der Waals surface area (Å²) in [5.74, 6) is 0.492. The van der Waals surface area contributed by atoms with Crippen molar-refractivity contribution in [2.75, 3.05) is 0 Å². The molecule has 0 rings (SSSR count). The van der Waals surface area contributed by atoms with Gasteiger partial charge in [-0.25, -0.2) is 0 Å². The summed E-state index contributed by atoms with van der Waals surface area (Å²) in [5.41, 5.74) is 9.06. The van der Waals surface area contributed by atoms with E-state index in [1.165, 1.54) is 11.1 Å². The predicted octanol–water partition coefficient (Wildman–Crippen LogP) is 4.34. The third-order valence-corrected chi connectivity index (χ3v) is 2.19. The Hall–Kier alpha value is -1.24. The van der Waals surface area contributed by atoms with E-state index in [1.807, 2.05) is 13.0 Å². The molecule has 0 spiro atoms. The van der Waals surface area contributed by atoms with E-state index in [1.54, 1.807) is 0 Å². The van der Waals surface area contributed by atoms with Crippen LogP contribution < -0.4 is 5.73 Å². The SMILES string of the molecule is CCC(/C=C\C=C(C)C)/C=C(C)\C=C(\C)N. The molecule has 0 aliphatic rings. The Morgan fingerprint density at radius 1 is 1.19 bits per heavy atom. The molecule has 1 nitrogen and oxygen atoms in total. The minimum atomic E-state index is 0.492. The Balaban J connectivity index is 4.58. The lowest BCUT2D eigenvalue weighted by Crippen LogP contribution is -1.93. The zero-order chi connectivity index (χ0) is 12.6. The van der Waals surface area contributed by atoms with Crippen molar-refractivity contribution in [3.8, 4) is 0 Å². The minimum Gasteiger partial charge on any atom is -0.402 e. The molecule has 0 amide bonds. The number of hydrogen-bond acceptors (Lipinski definition) is 1. The number of nitrogens with two attached hydrogens (primary N) is 1. The van der Waals surface area contributed by atoms with Gasteiger partial charge in [-0.1, -0.05) is 42.4 Å². The van der Waals surface area contributed by atoms with Crippen molar-refractivity contribution < 1.29 is 0 Å². The van der Waals surface area contributed by atoms with E-state index in [0.29, 0.717) is 5.92 Å². The number of rotatable bonds is 5. The van der Waals surface area contributed by atoms with Crippen molar-refractivity contribution in [2.45, 2.75) is 41.0 Å². The molecule has 0 saturated heterocycles. The first-order valence-corrected chi connectivity index (χ1v) is 5.89. The molecule has 0 aromatic carbocycles. The fourth-order valence-corrected chi connectivity index (χ4v) is 1.45. The lowest BCUT2D eigenvalue weighted by Gasteiger charge is -2.04. The van der Waals surface area contributed by atoms with Gasteiger partial charge in [-0.15, -0.1) is 0 Å². The summed E-state index contributed by atoms with van der Waals surface area (Å²) in [6.07, 6.45) is 11.9. The van der Waals surface area contributed by atoms with Crippen LogP contribution in [0.3, 0.4) is 0 Å². The first kappa shape index (κ1) is 14.8. The molecule has 1 unspecified atom stereocenters. The Bertz CT molecular complexity index is 308. The maximum absolute atomic E-state index is 5.64. The molecular weight excluding hydrogens is 194 g/mol. The van der Waals surface area contributed by atoms with Crippen LogP contribution in [-0.2, 0) is 0 Å². The van der Waals surface area contributed by atoms with Crippen LogP contribution in [0.2, 0.25) is 0 Å². The number of allylic oxidation sites excluding steroid dienone is 8. The number of hydrogen-bond donors (Lipinski definition) is 1. The van der Waals surface area contributed by atoms with Gasteiger partial charge < -0.3 is 5.73 Å². The average molecular weight is 219 g/mol. The largest absolute Gasteiger partial charge is 0.402 e. The second-order valence-electron chi connectivity index (χ2n) is 4.50. The molecule has 0 aliphatic heterocycles. The minimum absolute atomic E-state index is 0.492. The Morgan fingerprint density at radius 2 is 1.81 bits per heavy atom. The maximum Gasteiger partial charge on any atom is 0.00514 e. The van der Waals surface area contributed by atoms with E-state index in [4.69, 9.17) is 5.73 Å². The topological polar surface area (TPSA) is 26.0 Å². The summed E-state index contributed by atoms with van der Waals surface area (Å²) in [7, 11) is 0. The third kappa shape index (κ3) is 8.10. The van der Waals surface area contributed by atoms with Crippen molar-refractivity contribution in [1.82, 2.24) is 0 Å². The van der Waals surface area contributed by atoms with E-state index in [9.17, 15) is 0 Å². The molecule has 0 heterocycles. The highest BCUT2D eigenvalue weighted by molar-refractivity contribution is 5.22. The first-order valence-electron chi connectivity index (χ1n) is 5.89. The van der Waals surface area contributed by atoms with Crippen molar-refractivity contribution in [1.29, 1.82) is 0 Å². The molecule has 1 heteroatoms. The molecule has 0 aromatic heterocycles. The monoisotopic (exact) mass is 219 g/mol. The van der Waals surface area contributed by atoms with Crippen LogP contribution in [0.15, 0.2) is 47.2 Å². The van der Waals surface area contributed by atoms with Gasteiger partial charge in [0.25, 0.3) is 0 Å². The third-order valence-electron chi connectivity index (χ3n) is 2.19. The van der Waals surface area contributed by atoms with Gasteiger partial charge in [0.2, 0.25) is 0 Å². The van der Waals surface area contributed by atoms with E-state index >= 15 is 0 Å². The quantitative estimate of drug-likeness (QED) is 0.684. The lowest BCUT2D eigenvalue weighted by molar-refractivity contribution is 0.769. The summed E-state index contributed by atoms with van der Waals surface area (Å²) >= 11 is 0. The standard InChI is InChI=1S/C15H25N/c1-6-15(9-7-8-12(2)3)11-13(4)10-14(5)16/h7-11,15H,6,16H2,1-5H3/b9-7-,13-11-,14-10-. The van der Waals surface area contributed by atoms with Gasteiger partial charge >= 0.3 is 0 Å². The van der Waals surface area contributed by atoms with Gasteiger partial charge in [-0.2, -0.15) is 0 Å². The second-order valence-corrected chi connectivity index (χ2v) is 4.50. The van der Waals surface area contributed by atoms with Gasteiger partial charge in [0.15, 0.2) is 0 Å². The maximum atomic E-state index is 5.64. The van der Waals surface area contributed by atoms with Crippen LogP contribution in [0, 0.1) is 5.92 Å². The fourth-order valence-electron chi connectivity index (χ4n) is 1.45. The Kier molecular flexibility index (Phi) is 7.36. The van der Waals surface area contributed by atoms with Crippen LogP contribution in [0.1, 0.15) is 41.0 Å². The summed E-state index contributed by atoms with van der Waals surface area (Å²) in [6, 6.07) is 0. The molecule has 0 bridgehead atoms. The zero-order valence-electron chi connectivity index (χ0n) is 11.2. The van der Waals surface area contributed by atoms with Gasteiger partial charge in [0.05, 0.1) is 0 Å². The molecule has 2 N–H and O–H groups in total. The van der Waals surface area contributed by atoms with Gasteiger partial charge in [0, 0.05) is 5.70 Å². The second kappa shape index (κ2) is 7.98. The molecule has 0 saturated carbocycles. The van der Waals surface area contributed by atoms with Gasteiger partial charge in [0.1, 0.15) is 0 Å². The molecule has 1 atom stereocenters. The summed E-state index contributed by atoms with van der Waals surface area (Å²) in [6.45, 7) is 10.4. The molecule has 0 radical (unpaired) electrons. The van der Waals surface area contributed by atoms with Crippen molar-refractivity contribution in [3.05, 3.63) is 47.2 Å². The van der Waals surface area contributed by atoms with Crippen molar-refractivity contribution in [2.24, 2.45) is 11.7 Å². The van der Waals surface area contributed by atoms with Crippen molar-refractivity contribution in [3.63, 3.8) is 0 Å². The van der Waals surface area contributed by atoms with E-state index in [2.05, 4.69) is 52.0 Å².